The first-order valence-corrected chi connectivity index (χ1v) is 9.19. The van der Waals surface area contributed by atoms with Crippen LogP contribution in [0.15, 0.2) is 42.0 Å². The van der Waals surface area contributed by atoms with E-state index >= 15 is 0 Å². The van der Waals surface area contributed by atoms with Gasteiger partial charge in [-0.25, -0.2) is 4.79 Å². The van der Waals surface area contributed by atoms with Gasteiger partial charge >= 0.3 is 5.97 Å². The summed E-state index contributed by atoms with van der Waals surface area (Å²) in [4.78, 5) is 16.3. The van der Waals surface area contributed by atoms with Gasteiger partial charge in [-0.3, -0.25) is 9.67 Å². The minimum absolute atomic E-state index is 0.0978. The SMILES string of the molecule is CC(C)(OCc1cc(-c2cncs2)n(Cc2ccccc2Cl)n1)C(=O)O. The molecule has 8 heteroatoms. The Morgan fingerprint density at radius 1 is 1.38 bits per heavy atom. The normalized spacial score (nSPS) is 11.7. The monoisotopic (exact) mass is 391 g/mol. The van der Waals surface area contributed by atoms with E-state index in [1.807, 2.05) is 35.0 Å². The summed E-state index contributed by atoms with van der Waals surface area (Å²) in [5.41, 5.74) is 2.96. The van der Waals surface area contributed by atoms with Gasteiger partial charge in [0.25, 0.3) is 0 Å². The van der Waals surface area contributed by atoms with Crippen molar-refractivity contribution in [1.82, 2.24) is 14.8 Å². The lowest BCUT2D eigenvalue weighted by atomic mass is 10.1. The maximum absolute atomic E-state index is 11.2. The van der Waals surface area contributed by atoms with Crippen molar-refractivity contribution in [3.8, 4) is 10.6 Å². The number of benzene rings is 1. The van der Waals surface area contributed by atoms with Crippen LogP contribution in [-0.4, -0.2) is 31.4 Å². The Hall–Kier alpha value is -2.22. The summed E-state index contributed by atoms with van der Waals surface area (Å²) in [6.07, 6.45) is 1.77. The third-order valence-corrected chi connectivity index (χ3v) is 5.05. The molecule has 0 fully saturated rings. The third-order valence-electron chi connectivity index (χ3n) is 3.89. The van der Waals surface area contributed by atoms with Crippen molar-refractivity contribution >= 4 is 28.9 Å². The quantitative estimate of drug-likeness (QED) is 0.656. The number of carboxylic acids is 1. The second-order valence-corrected chi connectivity index (χ2v) is 7.53. The van der Waals surface area contributed by atoms with Crippen molar-refractivity contribution in [3.63, 3.8) is 0 Å². The van der Waals surface area contributed by atoms with Gasteiger partial charge in [-0.2, -0.15) is 5.10 Å². The Bertz CT molecular complexity index is 906. The molecule has 3 rings (SSSR count). The van der Waals surface area contributed by atoms with Crippen LogP contribution < -0.4 is 0 Å². The lowest BCUT2D eigenvalue weighted by Crippen LogP contribution is -2.34. The Morgan fingerprint density at radius 2 is 2.15 bits per heavy atom. The Kier molecular flexibility index (Phi) is 5.41. The third kappa shape index (κ3) is 4.12. The zero-order valence-corrected chi connectivity index (χ0v) is 15.9. The summed E-state index contributed by atoms with van der Waals surface area (Å²) in [7, 11) is 0. The smallest absolute Gasteiger partial charge is 0.335 e. The van der Waals surface area contributed by atoms with Crippen LogP contribution in [0.1, 0.15) is 25.1 Å². The van der Waals surface area contributed by atoms with Crippen molar-refractivity contribution in [1.29, 1.82) is 0 Å². The average molecular weight is 392 g/mol. The first kappa shape index (κ1) is 18.6. The summed E-state index contributed by atoms with van der Waals surface area (Å²) in [6.45, 7) is 3.62. The lowest BCUT2D eigenvalue weighted by Gasteiger charge is -2.19. The minimum Gasteiger partial charge on any atom is -0.479 e. The molecular weight excluding hydrogens is 374 g/mol. The molecule has 0 bridgehead atoms. The van der Waals surface area contributed by atoms with Gasteiger partial charge in [0.15, 0.2) is 5.60 Å². The molecule has 0 radical (unpaired) electrons. The fourth-order valence-electron chi connectivity index (χ4n) is 2.31. The predicted octanol–water partition coefficient (Wildman–Crippen LogP) is 4.09. The number of aliphatic carboxylic acids is 1. The number of rotatable bonds is 7. The Labute approximate surface area is 160 Å². The van der Waals surface area contributed by atoms with Crippen LogP contribution >= 0.6 is 22.9 Å². The van der Waals surface area contributed by atoms with Crippen LogP contribution in [0, 0.1) is 0 Å². The van der Waals surface area contributed by atoms with E-state index in [0.717, 1.165) is 16.1 Å². The van der Waals surface area contributed by atoms with Crippen LogP contribution in [-0.2, 0) is 22.7 Å². The number of nitrogens with zero attached hydrogens (tertiary/aromatic N) is 3. The van der Waals surface area contributed by atoms with E-state index in [1.165, 1.54) is 25.2 Å². The number of halogens is 1. The number of ether oxygens (including phenoxy) is 1. The number of hydrogen-bond donors (Lipinski definition) is 1. The summed E-state index contributed by atoms with van der Waals surface area (Å²) in [5.74, 6) is -1.02. The van der Waals surface area contributed by atoms with E-state index in [-0.39, 0.29) is 6.61 Å². The molecule has 2 heterocycles. The molecule has 0 saturated carbocycles. The van der Waals surface area contributed by atoms with Crippen molar-refractivity contribution in [3.05, 3.63) is 58.3 Å². The summed E-state index contributed by atoms with van der Waals surface area (Å²) in [6, 6.07) is 9.49. The number of aromatic nitrogens is 3. The average Bonchev–Trinajstić information content (AvgIpc) is 3.24. The van der Waals surface area contributed by atoms with E-state index in [1.54, 1.807) is 11.7 Å². The van der Waals surface area contributed by atoms with Crippen LogP contribution in [0.2, 0.25) is 5.02 Å². The second-order valence-electron chi connectivity index (χ2n) is 6.24. The molecule has 0 unspecified atom stereocenters. The van der Waals surface area contributed by atoms with Gasteiger partial charge in [0.2, 0.25) is 0 Å². The van der Waals surface area contributed by atoms with E-state index < -0.39 is 11.6 Å². The Balaban J connectivity index is 1.89. The molecular formula is C18H18ClN3O3S. The molecule has 0 amide bonds. The number of carboxylic acid groups (broad SMARTS) is 1. The Morgan fingerprint density at radius 3 is 2.81 bits per heavy atom. The summed E-state index contributed by atoms with van der Waals surface area (Å²) >= 11 is 7.78. The molecule has 0 aliphatic carbocycles. The largest absolute Gasteiger partial charge is 0.479 e. The molecule has 136 valence electrons. The second kappa shape index (κ2) is 7.57. The van der Waals surface area contributed by atoms with E-state index in [2.05, 4.69) is 10.1 Å². The summed E-state index contributed by atoms with van der Waals surface area (Å²) in [5, 5.41) is 14.4. The van der Waals surface area contributed by atoms with E-state index in [0.29, 0.717) is 17.3 Å². The number of carbonyl (C=O) groups is 1. The van der Waals surface area contributed by atoms with Gasteiger partial charge in [-0.15, -0.1) is 11.3 Å². The van der Waals surface area contributed by atoms with Crippen LogP contribution in [0.4, 0.5) is 0 Å². The van der Waals surface area contributed by atoms with E-state index in [9.17, 15) is 9.90 Å². The highest BCUT2D eigenvalue weighted by molar-refractivity contribution is 7.13. The highest BCUT2D eigenvalue weighted by atomic mass is 35.5. The van der Waals surface area contributed by atoms with Gasteiger partial charge in [0.1, 0.15) is 0 Å². The molecule has 0 aliphatic rings. The molecule has 6 nitrogen and oxygen atoms in total. The van der Waals surface area contributed by atoms with Gasteiger partial charge in [0.05, 0.1) is 34.9 Å². The van der Waals surface area contributed by atoms with Gasteiger partial charge in [-0.05, 0) is 31.5 Å². The maximum atomic E-state index is 11.2. The molecule has 2 aromatic heterocycles. The number of hydrogen-bond acceptors (Lipinski definition) is 5. The minimum atomic E-state index is -1.28. The molecule has 3 aromatic rings. The van der Waals surface area contributed by atoms with Gasteiger partial charge < -0.3 is 9.84 Å². The fourth-order valence-corrected chi connectivity index (χ4v) is 3.14. The van der Waals surface area contributed by atoms with Crippen molar-refractivity contribution in [2.45, 2.75) is 32.6 Å². The first-order valence-electron chi connectivity index (χ1n) is 7.93. The van der Waals surface area contributed by atoms with Crippen LogP contribution in [0.5, 0.6) is 0 Å². The van der Waals surface area contributed by atoms with Crippen LogP contribution in [0.25, 0.3) is 10.6 Å². The molecule has 1 N–H and O–H groups in total. The highest BCUT2D eigenvalue weighted by Gasteiger charge is 2.28. The van der Waals surface area contributed by atoms with Crippen molar-refractivity contribution in [2.24, 2.45) is 0 Å². The van der Waals surface area contributed by atoms with Crippen LogP contribution in [0.3, 0.4) is 0 Å². The molecule has 0 saturated heterocycles. The van der Waals surface area contributed by atoms with Gasteiger partial charge in [0, 0.05) is 11.2 Å². The predicted molar refractivity (Wildman–Crippen MR) is 100 cm³/mol. The fraction of sp³-hybridized carbons (Fsp3) is 0.278. The van der Waals surface area contributed by atoms with Crippen molar-refractivity contribution < 1.29 is 14.6 Å². The van der Waals surface area contributed by atoms with Crippen molar-refractivity contribution in [2.75, 3.05) is 0 Å². The molecule has 26 heavy (non-hydrogen) atoms. The first-order chi connectivity index (χ1) is 12.4. The summed E-state index contributed by atoms with van der Waals surface area (Å²) < 4.78 is 7.36. The topological polar surface area (TPSA) is 77.2 Å². The molecule has 1 aromatic carbocycles. The highest BCUT2D eigenvalue weighted by Crippen LogP contribution is 2.27. The number of thiazole rings is 1. The standard InChI is InChI=1S/C18H18ClN3O3S/c1-18(2,17(23)24)25-10-13-7-15(16-8-20-11-26-16)22(21-13)9-12-5-3-4-6-14(12)19/h3-8,11H,9-10H2,1-2H3,(H,23,24). The van der Waals surface area contributed by atoms with E-state index in [4.69, 9.17) is 16.3 Å². The zero-order valence-electron chi connectivity index (χ0n) is 14.3. The molecule has 0 spiro atoms. The zero-order chi connectivity index (χ0) is 18.7. The lowest BCUT2D eigenvalue weighted by molar-refractivity contribution is -0.162. The van der Waals surface area contributed by atoms with Gasteiger partial charge in [-0.1, -0.05) is 29.8 Å². The maximum Gasteiger partial charge on any atom is 0.335 e. The molecule has 0 atom stereocenters. The molecule has 0 aliphatic heterocycles.